The molecule has 0 atom stereocenters. The van der Waals surface area contributed by atoms with Crippen molar-refractivity contribution in [3.63, 3.8) is 0 Å². The third-order valence-corrected chi connectivity index (χ3v) is 0.554. The Hall–Kier alpha value is -0.740. The van der Waals surface area contributed by atoms with Gasteiger partial charge in [0.15, 0.2) is 0 Å². The van der Waals surface area contributed by atoms with Gasteiger partial charge in [0, 0.05) is 15.7 Å². The molecule has 0 saturated heterocycles. The molecule has 0 radical (unpaired) electrons. The van der Waals surface area contributed by atoms with Gasteiger partial charge in [-0.25, -0.2) is 8.42 Å². The van der Waals surface area contributed by atoms with Gasteiger partial charge in [-0.15, -0.1) is 0 Å². The number of hydrogen-bond donors (Lipinski definition) is 0. The summed E-state index contributed by atoms with van der Waals surface area (Å²) in [5.74, 6) is 0. The maximum absolute atomic E-state index is 9.81. The average molecular weight is 165 g/mol. The monoisotopic (exact) mass is 165 g/mol. The summed E-state index contributed by atoms with van der Waals surface area (Å²) in [5, 5.41) is 0. The molecule has 0 aliphatic rings. The summed E-state index contributed by atoms with van der Waals surface area (Å²) >= 11 is 0. The van der Waals surface area contributed by atoms with Gasteiger partial charge in [0.05, 0.1) is 0 Å². The van der Waals surface area contributed by atoms with E-state index in [2.05, 4.69) is 18.4 Å². The van der Waals surface area contributed by atoms with Crippen LogP contribution in [0.5, 0.6) is 0 Å². The molecule has 0 amide bonds. The van der Waals surface area contributed by atoms with Crippen molar-refractivity contribution >= 4 is 10.0 Å². The fraction of sp³-hybridized carbons (Fsp3) is 1.00. The maximum Gasteiger partial charge on any atom is 0.232 e. The first-order valence-corrected chi connectivity index (χ1v) is 4.59. The Bertz CT molecular complexity index is 203. The van der Waals surface area contributed by atoms with Crippen molar-refractivity contribution < 1.29 is 8.42 Å². The number of hydrogen-bond acceptors (Lipinski definition) is 2. The third kappa shape index (κ3) is 26.8. The van der Waals surface area contributed by atoms with Crippen LogP contribution in [0, 0.1) is 0 Å². The zero-order valence-electron chi connectivity index (χ0n) is 6.27. The van der Waals surface area contributed by atoms with Gasteiger partial charge >= 0.3 is 0 Å². The Morgan fingerprint density at radius 2 is 1.80 bits per heavy atom. The molecule has 0 heterocycles. The Morgan fingerprint density at radius 1 is 1.50 bits per heavy atom. The smallest absolute Gasteiger partial charge is 0.221 e. The summed E-state index contributed by atoms with van der Waals surface area (Å²) in [5.41, 5.74) is 7.48. The molecule has 0 N–H and O–H groups in total. The largest absolute Gasteiger partial charge is 0.232 e. The minimum Gasteiger partial charge on any atom is -0.221 e. The van der Waals surface area contributed by atoms with E-state index < -0.39 is 10.0 Å². The first-order chi connectivity index (χ1) is 4.47. The first kappa shape index (κ1) is 12.0. The number of nitrogens with zero attached hydrogens (tertiary/aromatic N) is 3. The summed E-state index contributed by atoms with van der Waals surface area (Å²) < 4.78 is 22.0. The van der Waals surface area contributed by atoms with Gasteiger partial charge in [-0.3, -0.25) is 0 Å². The lowest BCUT2D eigenvalue weighted by atomic mass is 10.6. The molecule has 0 aromatic carbocycles. The van der Waals surface area contributed by atoms with Crippen LogP contribution in [0.3, 0.4) is 0 Å². The Kier molecular flexibility index (Phi) is 7.65. The number of azide groups is 1. The quantitative estimate of drug-likeness (QED) is 0.336. The highest BCUT2D eigenvalue weighted by molar-refractivity contribution is 7.89. The van der Waals surface area contributed by atoms with E-state index in [4.69, 9.17) is 5.53 Å². The van der Waals surface area contributed by atoms with Gasteiger partial charge in [0.2, 0.25) is 10.0 Å². The van der Waals surface area contributed by atoms with Crippen LogP contribution in [0.2, 0.25) is 0 Å². The van der Waals surface area contributed by atoms with Crippen molar-refractivity contribution in [1.82, 2.24) is 0 Å². The van der Waals surface area contributed by atoms with Crippen molar-refractivity contribution in [3.8, 4) is 0 Å². The Morgan fingerprint density at radius 3 is 1.80 bits per heavy atom. The van der Waals surface area contributed by atoms with Crippen LogP contribution in [0.4, 0.5) is 0 Å². The van der Waals surface area contributed by atoms with Gasteiger partial charge in [0.25, 0.3) is 0 Å². The predicted octanol–water partition coefficient (Wildman–Crippen LogP) is 1.67. The van der Waals surface area contributed by atoms with E-state index in [1.54, 1.807) is 0 Å². The van der Waals surface area contributed by atoms with Gasteiger partial charge < -0.3 is 0 Å². The highest BCUT2D eigenvalue weighted by Crippen LogP contribution is 1.80. The van der Waals surface area contributed by atoms with Gasteiger partial charge in [-0.2, -0.15) is 0 Å². The second kappa shape index (κ2) is 6.38. The van der Waals surface area contributed by atoms with Crippen molar-refractivity contribution in [1.29, 1.82) is 0 Å². The van der Waals surface area contributed by atoms with Crippen LogP contribution in [0.15, 0.2) is 4.52 Å². The topological polar surface area (TPSA) is 82.9 Å². The normalized spacial score (nSPS) is 8.70. The zero-order chi connectivity index (χ0) is 8.62. The third-order valence-electron chi connectivity index (χ3n) is 0.185. The zero-order valence-corrected chi connectivity index (χ0v) is 7.09. The van der Waals surface area contributed by atoms with Crippen LogP contribution in [0.25, 0.3) is 10.4 Å². The van der Waals surface area contributed by atoms with E-state index in [0.717, 1.165) is 6.26 Å². The molecule has 0 aromatic rings. The highest BCUT2D eigenvalue weighted by Gasteiger charge is 1.89. The van der Waals surface area contributed by atoms with E-state index in [0.29, 0.717) is 0 Å². The first-order valence-electron chi connectivity index (χ1n) is 2.74. The van der Waals surface area contributed by atoms with Crippen molar-refractivity contribution in [3.05, 3.63) is 10.4 Å². The molecule has 6 heteroatoms. The highest BCUT2D eigenvalue weighted by atomic mass is 32.2. The minimum atomic E-state index is -3.47. The van der Waals surface area contributed by atoms with E-state index in [-0.39, 0.29) is 0 Å². The van der Waals surface area contributed by atoms with Crippen LogP contribution in [-0.4, -0.2) is 14.7 Å². The Balaban J connectivity index is 0. The lowest BCUT2D eigenvalue weighted by molar-refractivity contribution is 0.603. The second-order valence-corrected chi connectivity index (χ2v) is 3.24. The van der Waals surface area contributed by atoms with Gasteiger partial charge in [0.1, 0.15) is 0 Å². The summed E-state index contributed by atoms with van der Waals surface area (Å²) in [4.78, 5) is 2.04. The van der Waals surface area contributed by atoms with Crippen molar-refractivity contribution in [2.45, 2.75) is 20.3 Å². The van der Waals surface area contributed by atoms with Gasteiger partial charge in [-0.05, 0) is 5.53 Å². The molecule has 0 spiro atoms. The number of sulfonamides is 1. The minimum absolute atomic E-state index is 0.826. The van der Waals surface area contributed by atoms with Crippen molar-refractivity contribution in [2.75, 3.05) is 6.26 Å². The van der Waals surface area contributed by atoms with Gasteiger partial charge in [-0.1, -0.05) is 20.3 Å². The molecule has 0 unspecified atom stereocenters. The molecule has 10 heavy (non-hydrogen) atoms. The summed E-state index contributed by atoms with van der Waals surface area (Å²) in [6, 6.07) is 0. The molecular weight excluding hydrogens is 154 g/mol. The molecule has 60 valence electrons. The van der Waals surface area contributed by atoms with E-state index >= 15 is 0 Å². The maximum atomic E-state index is 9.81. The predicted molar refractivity (Wildman–Crippen MR) is 40.0 cm³/mol. The molecular formula is C4H11N3O2S. The van der Waals surface area contributed by atoms with Crippen LogP contribution >= 0.6 is 0 Å². The lowest BCUT2D eigenvalue weighted by Crippen LogP contribution is -1.84. The molecule has 0 saturated carbocycles. The van der Waals surface area contributed by atoms with Crippen LogP contribution in [0.1, 0.15) is 20.3 Å². The fourth-order valence-corrected chi connectivity index (χ4v) is 0.199. The molecule has 0 aliphatic carbocycles. The molecule has 5 nitrogen and oxygen atoms in total. The van der Waals surface area contributed by atoms with Crippen LogP contribution in [-0.2, 0) is 10.0 Å². The summed E-state index contributed by atoms with van der Waals surface area (Å²) in [6.07, 6.45) is 2.08. The summed E-state index contributed by atoms with van der Waals surface area (Å²) in [6.45, 7) is 4.25. The molecule has 0 rings (SSSR count). The Labute approximate surface area is 60.7 Å². The van der Waals surface area contributed by atoms with E-state index in [1.807, 2.05) is 4.91 Å². The average Bonchev–Trinajstić information content (AvgIpc) is 1.63. The number of rotatable bonds is 1. The molecule has 0 fully saturated rings. The second-order valence-electron chi connectivity index (χ2n) is 1.61. The van der Waals surface area contributed by atoms with E-state index in [1.165, 1.54) is 6.42 Å². The summed E-state index contributed by atoms with van der Waals surface area (Å²) in [7, 11) is -3.47. The van der Waals surface area contributed by atoms with Crippen LogP contribution < -0.4 is 0 Å². The molecule has 0 aromatic heterocycles. The lowest BCUT2D eigenvalue weighted by Gasteiger charge is -1.72. The van der Waals surface area contributed by atoms with Crippen molar-refractivity contribution in [2.24, 2.45) is 4.52 Å². The van der Waals surface area contributed by atoms with E-state index in [9.17, 15) is 8.42 Å². The SMILES string of the molecule is CCC.CS(=O)(=O)N=[N+]=[N-]. The fourth-order valence-electron chi connectivity index (χ4n) is 0.0663. The molecule has 0 bridgehead atoms. The standard InChI is InChI=1S/C3H8.CH3N3O2S/c1-3-2;1-7(5,6)4-3-2/h3H2,1-2H3;1H3. The molecule has 0 aliphatic heterocycles.